The second-order valence-corrected chi connectivity index (χ2v) is 6.28. The number of ether oxygens (including phenoxy) is 1. The average Bonchev–Trinajstić information content (AvgIpc) is 2.88. The largest absolute Gasteiger partial charge is 0.469 e. The van der Waals surface area contributed by atoms with Crippen molar-refractivity contribution in [1.29, 1.82) is 0 Å². The van der Waals surface area contributed by atoms with Crippen LogP contribution in [0.25, 0.3) is 10.2 Å². The number of esters is 1. The zero-order chi connectivity index (χ0) is 16.8. The number of aryl methyl sites for hydroxylation is 2. The Kier molecular flexibility index (Phi) is 6.10. The first-order valence-corrected chi connectivity index (χ1v) is 8.67. The van der Waals surface area contributed by atoms with Crippen molar-refractivity contribution in [1.82, 2.24) is 4.57 Å². The number of carbonyl (C=O) groups is 2. The third-order valence-electron chi connectivity index (χ3n) is 3.61. The smallest absolute Gasteiger partial charge is 0.307 e. The van der Waals surface area contributed by atoms with E-state index in [0.29, 0.717) is 17.8 Å². The average molecular weight is 334 g/mol. The molecular formula is C17H22N2O3S. The SMILES string of the molecule is CCCC(=O)N=c1sc2cc(CC)ccc2n1CCC(=O)OC. The molecule has 1 amide bonds. The van der Waals surface area contributed by atoms with Gasteiger partial charge in [0.1, 0.15) is 0 Å². The molecule has 23 heavy (non-hydrogen) atoms. The molecule has 0 unspecified atom stereocenters. The molecule has 124 valence electrons. The first-order chi connectivity index (χ1) is 11.1. The van der Waals surface area contributed by atoms with Crippen LogP contribution in [0.3, 0.4) is 0 Å². The highest BCUT2D eigenvalue weighted by molar-refractivity contribution is 7.16. The van der Waals surface area contributed by atoms with Gasteiger partial charge in [-0.15, -0.1) is 0 Å². The van der Waals surface area contributed by atoms with Crippen LogP contribution in [0.5, 0.6) is 0 Å². The summed E-state index contributed by atoms with van der Waals surface area (Å²) in [6.45, 7) is 4.52. The molecule has 0 atom stereocenters. The number of carbonyl (C=O) groups excluding carboxylic acids is 2. The topological polar surface area (TPSA) is 60.7 Å². The molecule has 0 spiro atoms. The minimum Gasteiger partial charge on any atom is -0.469 e. The summed E-state index contributed by atoms with van der Waals surface area (Å²) in [7, 11) is 1.38. The van der Waals surface area contributed by atoms with Crippen molar-refractivity contribution in [2.75, 3.05) is 7.11 Å². The Morgan fingerprint density at radius 1 is 1.26 bits per heavy atom. The van der Waals surface area contributed by atoms with Gasteiger partial charge < -0.3 is 9.30 Å². The predicted molar refractivity (Wildman–Crippen MR) is 91.3 cm³/mol. The summed E-state index contributed by atoms with van der Waals surface area (Å²) in [6.07, 6.45) is 2.42. The van der Waals surface area contributed by atoms with Gasteiger partial charge in [-0.3, -0.25) is 9.59 Å². The summed E-state index contributed by atoms with van der Waals surface area (Å²) in [6, 6.07) is 6.23. The lowest BCUT2D eigenvalue weighted by Gasteiger charge is -2.05. The molecule has 0 N–H and O–H groups in total. The Balaban J connectivity index is 2.49. The molecule has 0 fully saturated rings. The highest BCUT2D eigenvalue weighted by Gasteiger charge is 2.10. The van der Waals surface area contributed by atoms with Gasteiger partial charge in [0.15, 0.2) is 4.80 Å². The summed E-state index contributed by atoms with van der Waals surface area (Å²) >= 11 is 1.49. The molecule has 1 heterocycles. The van der Waals surface area contributed by atoms with Crippen LogP contribution in [-0.4, -0.2) is 23.6 Å². The van der Waals surface area contributed by atoms with Crippen molar-refractivity contribution >= 4 is 33.4 Å². The summed E-state index contributed by atoms with van der Waals surface area (Å²) in [5.41, 5.74) is 2.24. The molecule has 2 aromatic rings. The zero-order valence-corrected chi connectivity index (χ0v) is 14.6. The van der Waals surface area contributed by atoms with Crippen molar-refractivity contribution in [2.24, 2.45) is 4.99 Å². The molecule has 0 saturated carbocycles. The molecule has 0 aliphatic rings. The van der Waals surface area contributed by atoms with Crippen LogP contribution in [0.1, 0.15) is 38.7 Å². The predicted octanol–water partition coefficient (Wildman–Crippen LogP) is 3.06. The second kappa shape index (κ2) is 8.06. The van der Waals surface area contributed by atoms with Crippen molar-refractivity contribution in [3.05, 3.63) is 28.6 Å². The first kappa shape index (κ1) is 17.4. The maximum atomic E-state index is 11.9. The highest BCUT2D eigenvalue weighted by atomic mass is 32.1. The lowest BCUT2D eigenvalue weighted by molar-refractivity contribution is -0.140. The van der Waals surface area contributed by atoms with Crippen LogP contribution >= 0.6 is 11.3 Å². The number of hydrogen-bond donors (Lipinski definition) is 0. The Morgan fingerprint density at radius 3 is 2.70 bits per heavy atom. The van der Waals surface area contributed by atoms with Crippen molar-refractivity contribution in [2.45, 2.75) is 46.1 Å². The summed E-state index contributed by atoms with van der Waals surface area (Å²) in [5.74, 6) is -0.394. The molecule has 2 rings (SSSR count). The van der Waals surface area contributed by atoms with E-state index in [1.165, 1.54) is 24.0 Å². The van der Waals surface area contributed by atoms with Gasteiger partial charge in [0.2, 0.25) is 5.91 Å². The molecule has 0 bridgehead atoms. The van der Waals surface area contributed by atoms with Gasteiger partial charge in [-0.2, -0.15) is 4.99 Å². The quantitative estimate of drug-likeness (QED) is 0.763. The number of methoxy groups -OCH3 is 1. The third-order valence-corrected chi connectivity index (χ3v) is 4.65. The number of amides is 1. The molecule has 5 nitrogen and oxygen atoms in total. The number of thiazole rings is 1. The lowest BCUT2D eigenvalue weighted by Crippen LogP contribution is -2.19. The fourth-order valence-electron chi connectivity index (χ4n) is 2.32. The Bertz CT molecular complexity index is 774. The number of hydrogen-bond acceptors (Lipinski definition) is 4. The van der Waals surface area contributed by atoms with E-state index in [1.807, 2.05) is 17.6 Å². The third kappa shape index (κ3) is 4.28. The van der Waals surface area contributed by atoms with E-state index in [4.69, 9.17) is 4.74 Å². The van der Waals surface area contributed by atoms with Gasteiger partial charge in [0.25, 0.3) is 0 Å². The van der Waals surface area contributed by atoms with Crippen LogP contribution in [0, 0.1) is 0 Å². The number of nitrogens with zero attached hydrogens (tertiary/aromatic N) is 2. The van der Waals surface area contributed by atoms with Gasteiger partial charge >= 0.3 is 5.97 Å². The van der Waals surface area contributed by atoms with Crippen LogP contribution in [0.15, 0.2) is 23.2 Å². The summed E-state index contributed by atoms with van der Waals surface area (Å²) < 4.78 is 7.73. The van der Waals surface area contributed by atoms with Crippen LogP contribution in [0.4, 0.5) is 0 Å². The van der Waals surface area contributed by atoms with Gasteiger partial charge in [-0.25, -0.2) is 0 Å². The Labute approximate surface area is 139 Å². The molecule has 0 aliphatic heterocycles. The van der Waals surface area contributed by atoms with Gasteiger partial charge in [0.05, 0.1) is 23.7 Å². The molecule has 0 saturated heterocycles. The fraction of sp³-hybridized carbons (Fsp3) is 0.471. The maximum Gasteiger partial charge on any atom is 0.307 e. The molecule has 6 heteroatoms. The van der Waals surface area contributed by atoms with E-state index in [0.717, 1.165) is 23.1 Å². The molecular weight excluding hydrogens is 312 g/mol. The van der Waals surface area contributed by atoms with E-state index < -0.39 is 0 Å². The van der Waals surface area contributed by atoms with Gasteiger partial charge in [-0.1, -0.05) is 31.3 Å². The summed E-state index contributed by atoms with van der Waals surface area (Å²) in [5, 5.41) is 0. The summed E-state index contributed by atoms with van der Waals surface area (Å²) in [4.78, 5) is 28.2. The number of fused-ring (bicyclic) bond motifs is 1. The van der Waals surface area contributed by atoms with E-state index in [2.05, 4.69) is 24.0 Å². The van der Waals surface area contributed by atoms with E-state index >= 15 is 0 Å². The normalized spacial score (nSPS) is 11.9. The van der Waals surface area contributed by atoms with E-state index in [9.17, 15) is 9.59 Å². The maximum absolute atomic E-state index is 11.9. The number of aromatic nitrogens is 1. The lowest BCUT2D eigenvalue weighted by atomic mass is 10.2. The first-order valence-electron chi connectivity index (χ1n) is 7.85. The zero-order valence-electron chi connectivity index (χ0n) is 13.8. The molecule has 1 aromatic heterocycles. The van der Waals surface area contributed by atoms with Gasteiger partial charge in [-0.05, 0) is 30.5 Å². The van der Waals surface area contributed by atoms with E-state index in [1.54, 1.807) is 0 Å². The Hall–Kier alpha value is -1.95. The van der Waals surface area contributed by atoms with Crippen LogP contribution in [-0.2, 0) is 27.3 Å². The van der Waals surface area contributed by atoms with Crippen LogP contribution in [0.2, 0.25) is 0 Å². The second-order valence-electron chi connectivity index (χ2n) is 5.27. The number of rotatable bonds is 6. The van der Waals surface area contributed by atoms with Gasteiger partial charge in [0, 0.05) is 13.0 Å². The van der Waals surface area contributed by atoms with Crippen molar-refractivity contribution in [3.63, 3.8) is 0 Å². The number of benzene rings is 1. The minimum atomic E-state index is -0.270. The minimum absolute atomic E-state index is 0.124. The Morgan fingerprint density at radius 2 is 2.04 bits per heavy atom. The molecule has 1 aromatic carbocycles. The standard InChI is InChI=1S/C17H22N2O3S/c1-4-6-15(20)18-17-19(10-9-16(21)22-3)13-8-7-12(5-2)11-14(13)23-17/h7-8,11H,4-6,9-10H2,1-3H3. The van der Waals surface area contributed by atoms with Crippen molar-refractivity contribution < 1.29 is 14.3 Å². The highest BCUT2D eigenvalue weighted by Crippen LogP contribution is 2.20. The fourth-order valence-corrected chi connectivity index (χ4v) is 3.46. The monoisotopic (exact) mass is 334 g/mol. The van der Waals surface area contributed by atoms with E-state index in [-0.39, 0.29) is 18.3 Å². The molecule has 0 aliphatic carbocycles. The van der Waals surface area contributed by atoms with Crippen LogP contribution < -0.4 is 4.80 Å². The van der Waals surface area contributed by atoms with Crippen molar-refractivity contribution in [3.8, 4) is 0 Å². The molecule has 0 radical (unpaired) electrons.